The van der Waals surface area contributed by atoms with Gasteiger partial charge < -0.3 is 15.0 Å². The molecular weight excluding hydrogens is 685 g/mol. The number of imide groups is 1. The van der Waals surface area contributed by atoms with Crippen LogP contribution in [0.1, 0.15) is 22.8 Å². The molecule has 4 aromatic carbocycles. The Labute approximate surface area is 292 Å². The zero-order valence-corrected chi connectivity index (χ0v) is 28.0. The van der Waals surface area contributed by atoms with E-state index in [1.807, 2.05) is 48.5 Å². The molecule has 3 heterocycles. The van der Waals surface area contributed by atoms with Gasteiger partial charge in [0.1, 0.15) is 11.6 Å². The van der Waals surface area contributed by atoms with Crippen molar-refractivity contribution in [1.82, 2.24) is 4.98 Å². The van der Waals surface area contributed by atoms with E-state index >= 15 is 0 Å². The van der Waals surface area contributed by atoms with Crippen molar-refractivity contribution in [2.75, 3.05) is 16.8 Å². The van der Waals surface area contributed by atoms with Crippen molar-refractivity contribution in [3.05, 3.63) is 116 Å². The predicted octanol–water partition coefficient (Wildman–Crippen LogP) is 7.08. The number of aromatic amines is 1. The molecule has 12 heteroatoms. The first-order valence-electron chi connectivity index (χ1n) is 16.0. The quantitative estimate of drug-likeness (QED) is 0.182. The summed E-state index contributed by atoms with van der Waals surface area (Å²) in [6, 6.07) is 24.2. The summed E-state index contributed by atoms with van der Waals surface area (Å²) in [6.07, 6.45) is 0.701. The molecule has 2 N–H and O–H groups in total. The number of thioether (sulfide) groups is 1. The molecule has 2 saturated carbocycles. The first-order valence-corrected chi connectivity index (χ1v) is 18.1. The summed E-state index contributed by atoms with van der Waals surface area (Å²) in [5.41, 5.74) is 1.78. The molecule has 3 amide bonds. The number of carbonyl (C=O) groups is 3. The Morgan fingerprint density at radius 1 is 0.959 bits per heavy atom. The molecule has 49 heavy (non-hydrogen) atoms. The van der Waals surface area contributed by atoms with Crippen LogP contribution in [0.5, 0.6) is 5.75 Å². The van der Waals surface area contributed by atoms with Crippen molar-refractivity contribution in [3.8, 4) is 5.75 Å². The molecule has 9 rings (SSSR count). The van der Waals surface area contributed by atoms with Crippen molar-refractivity contribution in [2.24, 2.45) is 29.6 Å². The van der Waals surface area contributed by atoms with Gasteiger partial charge >= 0.3 is 4.87 Å². The molecule has 2 bridgehead atoms. The van der Waals surface area contributed by atoms with Crippen LogP contribution in [-0.2, 0) is 14.4 Å². The van der Waals surface area contributed by atoms with Gasteiger partial charge in [0.2, 0.25) is 11.8 Å². The van der Waals surface area contributed by atoms with Crippen LogP contribution in [0.25, 0.3) is 10.8 Å². The van der Waals surface area contributed by atoms with E-state index in [0.717, 1.165) is 37.6 Å². The maximum Gasteiger partial charge on any atom is 0.305 e. The number of nitrogens with zero attached hydrogens (tertiary/aromatic N) is 1. The largest absolute Gasteiger partial charge is 0.483 e. The van der Waals surface area contributed by atoms with Crippen LogP contribution in [0.15, 0.2) is 94.7 Å². The number of anilines is 2. The number of amides is 3. The zero-order chi connectivity index (χ0) is 33.6. The lowest BCUT2D eigenvalue weighted by atomic mass is 9.68. The van der Waals surface area contributed by atoms with E-state index in [1.165, 1.54) is 29.2 Å². The molecule has 2 aliphatic carbocycles. The molecule has 0 radical (unpaired) electrons. The molecule has 8 nitrogen and oxygen atoms in total. The second-order valence-electron chi connectivity index (χ2n) is 13.0. The van der Waals surface area contributed by atoms with Crippen molar-refractivity contribution in [3.63, 3.8) is 0 Å². The van der Waals surface area contributed by atoms with Gasteiger partial charge in [-0.15, -0.1) is 11.8 Å². The van der Waals surface area contributed by atoms with Crippen molar-refractivity contribution < 1.29 is 23.5 Å². The van der Waals surface area contributed by atoms with Gasteiger partial charge in [0.15, 0.2) is 6.61 Å². The molecule has 1 saturated heterocycles. The number of carbonyl (C=O) groups excluding carboxylic acids is 3. The minimum absolute atomic E-state index is 0.0552. The topological polar surface area (TPSA) is 109 Å². The molecule has 5 aromatic rings. The van der Waals surface area contributed by atoms with Crippen LogP contribution in [0.3, 0.4) is 0 Å². The minimum Gasteiger partial charge on any atom is -0.483 e. The Hall–Kier alpha value is -4.45. The SMILES string of the molecule is O=C(COc1ccc(Cl)cc1[C@@H]1c2sc(=O)[nH]c2S[C@@H]2[C@@H]3C[C@@H]([C@@H]4C(=O)N(c5ccc(F)cc5)C(=O)[C@@H]34)[C@H]12)Nc1cccc2ccccc12. The van der Waals surface area contributed by atoms with Gasteiger partial charge in [-0.05, 0) is 78.1 Å². The number of benzene rings is 4. The van der Waals surface area contributed by atoms with Crippen molar-refractivity contribution >= 4 is 74.6 Å². The van der Waals surface area contributed by atoms with Gasteiger partial charge in [-0.1, -0.05) is 59.3 Å². The van der Waals surface area contributed by atoms with E-state index in [2.05, 4.69) is 10.3 Å². The highest BCUT2D eigenvalue weighted by Gasteiger charge is 2.69. The van der Waals surface area contributed by atoms with E-state index in [0.29, 0.717) is 28.6 Å². The molecule has 7 atom stereocenters. The van der Waals surface area contributed by atoms with Crippen molar-refractivity contribution in [1.29, 1.82) is 0 Å². The summed E-state index contributed by atoms with van der Waals surface area (Å²) < 4.78 is 20.0. The summed E-state index contributed by atoms with van der Waals surface area (Å²) in [7, 11) is 0. The number of hydrogen-bond acceptors (Lipinski definition) is 7. The summed E-state index contributed by atoms with van der Waals surface area (Å²) in [6.45, 7) is -0.264. The zero-order valence-electron chi connectivity index (χ0n) is 25.6. The number of aromatic nitrogens is 1. The highest BCUT2D eigenvalue weighted by molar-refractivity contribution is 8.00. The van der Waals surface area contributed by atoms with Crippen LogP contribution < -0.4 is 19.8 Å². The lowest BCUT2D eigenvalue weighted by molar-refractivity contribution is -0.123. The van der Waals surface area contributed by atoms with Crippen LogP contribution >= 0.6 is 34.7 Å². The Bertz CT molecular complexity index is 2250. The monoisotopic (exact) mass is 711 g/mol. The molecule has 2 aliphatic heterocycles. The van der Waals surface area contributed by atoms with Crippen LogP contribution in [0.2, 0.25) is 5.02 Å². The van der Waals surface area contributed by atoms with Gasteiger partial charge in [-0.2, -0.15) is 0 Å². The van der Waals surface area contributed by atoms with Gasteiger partial charge in [-0.3, -0.25) is 24.1 Å². The fourth-order valence-electron chi connectivity index (χ4n) is 8.77. The fourth-order valence-corrected chi connectivity index (χ4v) is 11.8. The van der Waals surface area contributed by atoms with E-state index in [4.69, 9.17) is 16.3 Å². The minimum atomic E-state index is -0.529. The Morgan fingerprint density at radius 2 is 1.71 bits per heavy atom. The van der Waals surface area contributed by atoms with Gasteiger partial charge in [-0.25, -0.2) is 4.39 Å². The maximum absolute atomic E-state index is 14.0. The summed E-state index contributed by atoms with van der Waals surface area (Å²) in [5.74, 6) is -2.57. The average molecular weight is 712 g/mol. The van der Waals surface area contributed by atoms with Gasteiger partial charge in [0, 0.05) is 37.7 Å². The number of fused-ring (bicyclic) bond motifs is 10. The Balaban J connectivity index is 1.05. The van der Waals surface area contributed by atoms with E-state index in [-0.39, 0.29) is 58.1 Å². The molecule has 0 spiro atoms. The second kappa shape index (κ2) is 11.6. The first-order chi connectivity index (χ1) is 23.8. The number of H-pyrrole nitrogens is 1. The lowest BCUT2D eigenvalue weighted by Gasteiger charge is -2.43. The molecule has 246 valence electrons. The number of hydrogen-bond donors (Lipinski definition) is 2. The Morgan fingerprint density at radius 3 is 2.53 bits per heavy atom. The summed E-state index contributed by atoms with van der Waals surface area (Å²) in [4.78, 5) is 58.8. The molecule has 4 aliphatic rings. The molecule has 1 aromatic heterocycles. The third-order valence-corrected chi connectivity index (χ3v) is 13.4. The number of ether oxygens (including phenoxy) is 1. The number of thiazole rings is 1. The number of rotatable bonds is 6. The summed E-state index contributed by atoms with van der Waals surface area (Å²) >= 11 is 9.31. The highest BCUT2D eigenvalue weighted by Crippen LogP contribution is 2.69. The average Bonchev–Trinajstić information content (AvgIpc) is 3.83. The third-order valence-electron chi connectivity index (χ3n) is 10.5. The van der Waals surface area contributed by atoms with Gasteiger partial charge in [0.05, 0.1) is 22.5 Å². The summed E-state index contributed by atoms with van der Waals surface area (Å²) in [5, 5.41) is 6.05. The van der Waals surface area contributed by atoms with E-state index in [1.54, 1.807) is 23.9 Å². The van der Waals surface area contributed by atoms with Crippen molar-refractivity contribution in [2.45, 2.75) is 22.6 Å². The van der Waals surface area contributed by atoms with E-state index in [9.17, 15) is 23.6 Å². The molecular formula is C37H27ClFN3O5S2. The third kappa shape index (κ3) is 4.85. The highest BCUT2D eigenvalue weighted by atomic mass is 35.5. The van der Waals surface area contributed by atoms with Crippen LogP contribution in [0.4, 0.5) is 15.8 Å². The fraction of sp³-hybridized carbons (Fsp3) is 0.243. The van der Waals surface area contributed by atoms with Crippen LogP contribution in [0, 0.1) is 35.4 Å². The maximum atomic E-state index is 14.0. The lowest BCUT2D eigenvalue weighted by Crippen LogP contribution is -2.42. The number of nitrogens with one attached hydrogen (secondary N) is 2. The van der Waals surface area contributed by atoms with Gasteiger partial charge in [0.25, 0.3) is 5.91 Å². The first kappa shape index (κ1) is 30.6. The normalized spacial score (nSPS) is 26.5. The standard InChI is InChI=1S/C37H27ClFN3O5S2/c38-18-8-13-26(47-16-27(43)40-25-7-3-5-17-4-1-2-6-21(17)25)22(14-18)28-29-23-15-24(32(29)48-34-33(28)49-37(46)41-34)31-30(23)35(44)42(36(31)45)20-11-9-19(39)10-12-20/h1-14,23-24,28-32H,15-16H2,(H,40,43)(H,41,46)/t23-,24-,28+,29-,30+,31+,32-/m1/s1. The molecule has 3 fully saturated rings. The Kier molecular flexibility index (Phi) is 7.22. The smallest absolute Gasteiger partial charge is 0.305 e. The molecule has 0 unspecified atom stereocenters. The van der Waals surface area contributed by atoms with Crippen LogP contribution in [-0.4, -0.2) is 34.6 Å². The number of halogens is 2. The second-order valence-corrected chi connectivity index (χ2v) is 15.6. The predicted molar refractivity (Wildman–Crippen MR) is 187 cm³/mol. The van der Waals surface area contributed by atoms with E-state index < -0.39 is 17.7 Å².